The Morgan fingerprint density at radius 2 is 2.00 bits per heavy atom. The van der Waals surface area contributed by atoms with Gasteiger partial charge in [-0.1, -0.05) is 31.0 Å². The van der Waals surface area contributed by atoms with Crippen LogP contribution in [-0.4, -0.2) is 11.9 Å². The van der Waals surface area contributed by atoms with E-state index in [0.29, 0.717) is 18.1 Å². The zero-order valence-electron chi connectivity index (χ0n) is 10.7. The van der Waals surface area contributed by atoms with Crippen molar-refractivity contribution in [2.45, 2.75) is 51.0 Å². The van der Waals surface area contributed by atoms with Crippen molar-refractivity contribution < 1.29 is 9.53 Å². The van der Waals surface area contributed by atoms with Gasteiger partial charge in [0.05, 0.1) is 0 Å². The van der Waals surface area contributed by atoms with Crippen LogP contribution in [0.5, 0.6) is 5.75 Å². The van der Waals surface area contributed by atoms with Gasteiger partial charge in [0.25, 0.3) is 0 Å². The van der Waals surface area contributed by atoms with Crippen LogP contribution in [0.25, 0.3) is 0 Å². The van der Waals surface area contributed by atoms with Crippen molar-refractivity contribution in [3.05, 3.63) is 29.8 Å². The fourth-order valence-corrected chi connectivity index (χ4v) is 3.17. The van der Waals surface area contributed by atoms with Crippen molar-refractivity contribution >= 4 is 5.78 Å². The Labute approximate surface area is 108 Å². The standard InChI is InChI=1S/C16H20O2/c17-15(12-5-1-2-6-12)10-9-14-11-13-7-3-4-8-16(13)18-14/h3-4,7-8,12,14H,1-2,5-6,9-11H2. The van der Waals surface area contributed by atoms with Crippen molar-refractivity contribution in [3.63, 3.8) is 0 Å². The molecule has 0 spiro atoms. The summed E-state index contributed by atoms with van der Waals surface area (Å²) < 4.78 is 5.87. The zero-order chi connectivity index (χ0) is 12.4. The van der Waals surface area contributed by atoms with Crippen LogP contribution in [0.1, 0.15) is 44.1 Å². The number of fused-ring (bicyclic) bond motifs is 1. The first-order chi connectivity index (χ1) is 8.83. The summed E-state index contributed by atoms with van der Waals surface area (Å²) in [6.45, 7) is 0. The minimum Gasteiger partial charge on any atom is -0.490 e. The lowest BCUT2D eigenvalue weighted by atomic mass is 9.96. The lowest BCUT2D eigenvalue weighted by Gasteiger charge is -2.12. The fourth-order valence-electron chi connectivity index (χ4n) is 3.17. The number of rotatable bonds is 4. The molecule has 1 aliphatic heterocycles. The Balaban J connectivity index is 1.49. The molecule has 1 saturated carbocycles. The zero-order valence-corrected chi connectivity index (χ0v) is 10.7. The number of ether oxygens (including phenoxy) is 1. The lowest BCUT2D eigenvalue weighted by molar-refractivity contribution is -0.123. The van der Waals surface area contributed by atoms with Gasteiger partial charge >= 0.3 is 0 Å². The highest BCUT2D eigenvalue weighted by molar-refractivity contribution is 5.81. The van der Waals surface area contributed by atoms with E-state index >= 15 is 0 Å². The Hall–Kier alpha value is -1.31. The molecule has 0 bridgehead atoms. The van der Waals surface area contributed by atoms with E-state index < -0.39 is 0 Å². The molecule has 2 aliphatic rings. The molecule has 96 valence electrons. The van der Waals surface area contributed by atoms with Crippen LogP contribution >= 0.6 is 0 Å². The van der Waals surface area contributed by atoms with Gasteiger partial charge in [0, 0.05) is 18.8 Å². The van der Waals surface area contributed by atoms with E-state index in [1.165, 1.54) is 18.4 Å². The first kappa shape index (κ1) is 11.8. The smallest absolute Gasteiger partial charge is 0.136 e. The van der Waals surface area contributed by atoms with Gasteiger partial charge in [-0.25, -0.2) is 0 Å². The van der Waals surface area contributed by atoms with Crippen LogP contribution < -0.4 is 4.74 Å². The Bertz CT molecular complexity index is 407. The second-order valence-electron chi connectivity index (χ2n) is 5.54. The van der Waals surface area contributed by atoms with Crippen molar-refractivity contribution in [2.75, 3.05) is 0 Å². The molecule has 1 aliphatic carbocycles. The van der Waals surface area contributed by atoms with Crippen LogP contribution in [-0.2, 0) is 11.2 Å². The Morgan fingerprint density at radius 3 is 2.78 bits per heavy atom. The molecule has 1 aromatic rings. The summed E-state index contributed by atoms with van der Waals surface area (Å²) in [6, 6.07) is 8.20. The van der Waals surface area contributed by atoms with Crippen LogP contribution in [0.4, 0.5) is 0 Å². The molecule has 1 unspecified atom stereocenters. The van der Waals surface area contributed by atoms with Crippen molar-refractivity contribution in [1.82, 2.24) is 0 Å². The van der Waals surface area contributed by atoms with Gasteiger partial charge in [0.1, 0.15) is 17.6 Å². The molecule has 1 heterocycles. The van der Waals surface area contributed by atoms with Gasteiger partial charge in [0.2, 0.25) is 0 Å². The van der Waals surface area contributed by atoms with E-state index in [0.717, 1.165) is 31.4 Å². The minimum atomic E-state index is 0.216. The van der Waals surface area contributed by atoms with E-state index in [2.05, 4.69) is 6.07 Å². The highest BCUT2D eigenvalue weighted by Crippen LogP contribution is 2.31. The first-order valence-electron chi connectivity index (χ1n) is 7.10. The molecule has 0 N–H and O–H groups in total. The first-order valence-corrected chi connectivity index (χ1v) is 7.10. The molecular weight excluding hydrogens is 224 g/mol. The second kappa shape index (κ2) is 5.13. The van der Waals surface area contributed by atoms with E-state index in [1.807, 2.05) is 18.2 Å². The van der Waals surface area contributed by atoms with E-state index in [-0.39, 0.29) is 6.10 Å². The molecule has 2 nitrogen and oxygen atoms in total. The summed E-state index contributed by atoms with van der Waals surface area (Å²) in [5.41, 5.74) is 1.29. The molecule has 1 fully saturated rings. The summed E-state index contributed by atoms with van der Waals surface area (Å²) in [5, 5.41) is 0. The lowest BCUT2D eigenvalue weighted by Crippen LogP contribution is -2.18. The normalized spacial score (nSPS) is 22.8. The number of hydrogen-bond donors (Lipinski definition) is 0. The summed E-state index contributed by atoms with van der Waals surface area (Å²) in [6.07, 6.45) is 7.47. The minimum absolute atomic E-state index is 0.216. The molecule has 1 atom stereocenters. The molecule has 0 radical (unpaired) electrons. The van der Waals surface area contributed by atoms with Gasteiger partial charge in [-0.15, -0.1) is 0 Å². The molecule has 18 heavy (non-hydrogen) atoms. The van der Waals surface area contributed by atoms with Gasteiger partial charge in [-0.05, 0) is 30.9 Å². The van der Waals surface area contributed by atoms with Gasteiger partial charge < -0.3 is 4.74 Å². The SMILES string of the molecule is O=C(CCC1Cc2ccccc2O1)C1CCCC1. The summed E-state index contributed by atoms with van der Waals surface area (Å²) in [5.74, 6) is 1.83. The van der Waals surface area contributed by atoms with Crippen molar-refractivity contribution in [2.24, 2.45) is 5.92 Å². The maximum absolute atomic E-state index is 12.0. The molecule has 2 heteroatoms. The fraction of sp³-hybridized carbons (Fsp3) is 0.562. The summed E-state index contributed by atoms with van der Waals surface area (Å²) in [7, 11) is 0. The molecule has 3 rings (SSSR count). The highest BCUT2D eigenvalue weighted by Gasteiger charge is 2.26. The van der Waals surface area contributed by atoms with Crippen molar-refractivity contribution in [3.8, 4) is 5.75 Å². The third-order valence-corrected chi connectivity index (χ3v) is 4.24. The number of hydrogen-bond acceptors (Lipinski definition) is 2. The van der Waals surface area contributed by atoms with Crippen LogP contribution in [0.3, 0.4) is 0 Å². The maximum atomic E-state index is 12.0. The van der Waals surface area contributed by atoms with E-state index in [1.54, 1.807) is 0 Å². The highest BCUT2D eigenvalue weighted by atomic mass is 16.5. The van der Waals surface area contributed by atoms with Crippen LogP contribution in [0.2, 0.25) is 0 Å². The second-order valence-corrected chi connectivity index (χ2v) is 5.54. The molecule has 0 aromatic heterocycles. The van der Waals surface area contributed by atoms with Crippen molar-refractivity contribution in [1.29, 1.82) is 0 Å². The molecule has 1 aromatic carbocycles. The molecular formula is C16H20O2. The number of carbonyl (C=O) groups excluding carboxylic acids is 1. The maximum Gasteiger partial charge on any atom is 0.136 e. The predicted molar refractivity (Wildman–Crippen MR) is 70.8 cm³/mol. The number of carbonyl (C=O) groups is 1. The number of benzene rings is 1. The van der Waals surface area contributed by atoms with E-state index in [4.69, 9.17) is 4.74 Å². The molecule has 0 saturated heterocycles. The van der Waals surface area contributed by atoms with E-state index in [9.17, 15) is 4.79 Å². The monoisotopic (exact) mass is 244 g/mol. The quantitative estimate of drug-likeness (QED) is 0.810. The van der Waals surface area contributed by atoms with Crippen LogP contribution in [0.15, 0.2) is 24.3 Å². The number of Topliss-reactive ketones (excluding diaryl/α,β-unsaturated/α-hetero) is 1. The molecule has 0 amide bonds. The average Bonchev–Trinajstić information content (AvgIpc) is 3.04. The summed E-state index contributed by atoms with van der Waals surface area (Å²) in [4.78, 5) is 12.0. The average molecular weight is 244 g/mol. The third-order valence-electron chi connectivity index (χ3n) is 4.24. The Morgan fingerprint density at radius 1 is 1.22 bits per heavy atom. The summed E-state index contributed by atoms with van der Waals surface area (Å²) >= 11 is 0. The number of para-hydroxylation sites is 1. The van der Waals surface area contributed by atoms with Gasteiger partial charge in [-0.2, -0.15) is 0 Å². The van der Waals surface area contributed by atoms with Gasteiger partial charge in [0.15, 0.2) is 0 Å². The number of ketones is 1. The third kappa shape index (κ3) is 2.43. The Kier molecular flexibility index (Phi) is 3.35. The van der Waals surface area contributed by atoms with Crippen LogP contribution in [0, 0.1) is 5.92 Å². The topological polar surface area (TPSA) is 26.3 Å². The van der Waals surface area contributed by atoms with Gasteiger partial charge in [-0.3, -0.25) is 4.79 Å². The predicted octanol–water partition coefficient (Wildman–Crippen LogP) is 3.53. The largest absolute Gasteiger partial charge is 0.490 e.